The maximum Gasteiger partial charge on any atom is 0.354 e. The molecule has 0 radical (unpaired) electrons. The van der Waals surface area contributed by atoms with Crippen LogP contribution in [0, 0.1) is 5.82 Å². The lowest BCUT2D eigenvalue weighted by atomic mass is 10.3. The molecule has 0 spiro atoms. The van der Waals surface area contributed by atoms with Gasteiger partial charge in [0.1, 0.15) is 11.6 Å². The number of carbonyl (C=O) groups excluding carboxylic acids is 1. The first-order valence-corrected chi connectivity index (χ1v) is 6.69. The molecule has 1 amide bonds. The molecule has 24 heavy (non-hydrogen) atoms. The van der Waals surface area contributed by atoms with Gasteiger partial charge in [-0.2, -0.15) is 0 Å². The van der Waals surface area contributed by atoms with E-state index in [0.29, 0.717) is 5.69 Å². The second-order valence-corrected chi connectivity index (χ2v) is 4.85. The van der Waals surface area contributed by atoms with Crippen LogP contribution in [0.1, 0.15) is 16.2 Å². The molecule has 3 rings (SSSR count). The van der Waals surface area contributed by atoms with Crippen LogP contribution in [-0.4, -0.2) is 36.6 Å². The fourth-order valence-corrected chi connectivity index (χ4v) is 2.05. The first kappa shape index (κ1) is 15.3. The van der Waals surface area contributed by atoms with E-state index < -0.39 is 23.3 Å². The predicted molar refractivity (Wildman–Crippen MR) is 79.3 cm³/mol. The van der Waals surface area contributed by atoms with Gasteiger partial charge in [0.05, 0.1) is 12.6 Å². The van der Waals surface area contributed by atoms with Crippen LogP contribution in [0.5, 0.6) is 0 Å². The van der Waals surface area contributed by atoms with Gasteiger partial charge in [-0.15, -0.1) is 0 Å². The van der Waals surface area contributed by atoms with Gasteiger partial charge < -0.3 is 10.4 Å². The standard InChI is InChI=1S/C14H10FN5O4/c15-7-1-2-10(16-6-7)18-12(21)4-8-3-11-17-9(14(23)24)5-13(22)20(11)19-8/h1-3,5-6,19H,4H2,(H,23,24)(H,16,18,21). The molecule has 0 aliphatic rings. The summed E-state index contributed by atoms with van der Waals surface area (Å²) in [5, 5.41) is 14.0. The molecule has 0 bridgehead atoms. The summed E-state index contributed by atoms with van der Waals surface area (Å²) in [6.07, 6.45) is 0.833. The number of amides is 1. The number of anilines is 1. The van der Waals surface area contributed by atoms with Gasteiger partial charge in [-0.3, -0.25) is 14.7 Å². The molecule has 0 atom stereocenters. The van der Waals surface area contributed by atoms with Crippen molar-refractivity contribution in [1.29, 1.82) is 0 Å². The highest BCUT2D eigenvalue weighted by Crippen LogP contribution is 2.07. The molecule has 3 aromatic rings. The number of pyridine rings is 1. The quantitative estimate of drug-likeness (QED) is 0.636. The van der Waals surface area contributed by atoms with Gasteiger partial charge in [0.15, 0.2) is 11.3 Å². The number of halogens is 1. The van der Waals surface area contributed by atoms with Gasteiger partial charge in [-0.25, -0.2) is 23.7 Å². The van der Waals surface area contributed by atoms with E-state index in [0.717, 1.165) is 22.8 Å². The molecule has 3 heterocycles. The first-order valence-electron chi connectivity index (χ1n) is 6.69. The van der Waals surface area contributed by atoms with E-state index in [1.165, 1.54) is 12.1 Å². The summed E-state index contributed by atoms with van der Waals surface area (Å²) >= 11 is 0. The number of rotatable bonds is 4. The van der Waals surface area contributed by atoms with Crippen LogP contribution in [0.25, 0.3) is 5.65 Å². The van der Waals surface area contributed by atoms with Crippen molar-refractivity contribution in [3.05, 3.63) is 58.0 Å². The summed E-state index contributed by atoms with van der Waals surface area (Å²) < 4.78 is 13.8. The second-order valence-electron chi connectivity index (χ2n) is 4.85. The van der Waals surface area contributed by atoms with E-state index >= 15 is 0 Å². The highest BCUT2D eigenvalue weighted by atomic mass is 19.1. The number of carbonyl (C=O) groups is 2. The Labute approximate surface area is 132 Å². The summed E-state index contributed by atoms with van der Waals surface area (Å²) in [5.41, 5.74) is -0.556. The molecule has 0 aliphatic carbocycles. The van der Waals surface area contributed by atoms with Crippen LogP contribution in [0.3, 0.4) is 0 Å². The number of H-pyrrole nitrogens is 1. The van der Waals surface area contributed by atoms with Crippen molar-refractivity contribution in [2.75, 3.05) is 5.32 Å². The summed E-state index contributed by atoms with van der Waals surface area (Å²) in [4.78, 5) is 42.1. The molecule has 0 aromatic carbocycles. The molecule has 0 saturated heterocycles. The maximum absolute atomic E-state index is 12.8. The number of fused-ring (bicyclic) bond motifs is 1. The zero-order valence-corrected chi connectivity index (χ0v) is 12.0. The minimum absolute atomic E-state index is 0.0857. The third kappa shape index (κ3) is 3.11. The molecule has 9 nitrogen and oxygen atoms in total. The lowest BCUT2D eigenvalue weighted by Gasteiger charge is -2.02. The summed E-state index contributed by atoms with van der Waals surface area (Å²) in [7, 11) is 0. The Morgan fingerprint density at radius 2 is 2.12 bits per heavy atom. The normalized spacial score (nSPS) is 10.7. The molecule has 0 saturated carbocycles. The third-order valence-electron chi connectivity index (χ3n) is 3.07. The van der Waals surface area contributed by atoms with Gasteiger partial charge >= 0.3 is 5.97 Å². The number of aromatic amines is 1. The minimum atomic E-state index is -1.32. The Bertz CT molecular complexity index is 993. The Hall–Kier alpha value is -3.56. The lowest BCUT2D eigenvalue weighted by molar-refractivity contribution is -0.115. The third-order valence-corrected chi connectivity index (χ3v) is 3.07. The molecule has 122 valence electrons. The van der Waals surface area contributed by atoms with Gasteiger partial charge in [0, 0.05) is 17.8 Å². The van der Waals surface area contributed by atoms with Crippen molar-refractivity contribution in [3.63, 3.8) is 0 Å². The van der Waals surface area contributed by atoms with Gasteiger partial charge in [0.2, 0.25) is 5.91 Å². The SMILES string of the molecule is O=C(Cc1cc2nc(C(=O)O)cc(=O)n2[nH]1)Nc1ccc(F)cn1. The van der Waals surface area contributed by atoms with Crippen molar-refractivity contribution >= 4 is 23.3 Å². The number of carboxylic acid groups (broad SMARTS) is 1. The molecular weight excluding hydrogens is 321 g/mol. The van der Waals surface area contributed by atoms with E-state index in [9.17, 15) is 18.8 Å². The Kier molecular flexibility index (Phi) is 3.78. The molecule has 3 N–H and O–H groups in total. The maximum atomic E-state index is 12.8. The fourth-order valence-electron chi connectivity index (χ4n) is 2.05. The molecule has 3 aromatic heterocycles. The zero-order chi connectivity index (χ0) is 17.3. The summed E-state index contributed by atoms with van der Waals surface area (Å²) in [5.74, 6) is -2.12. The molecule has 0 unspecified atom stereocenters. The van der Waals surface area contributed by atoms with Crippen LogP contribution < -0.4 is 10.9 Å². The highest BCUT2D eigenvalue weighted by molar-refractivity contribution is 5.91. The van der Waals surface area contributed by atoms with Gasteiger partial charge in [-0.1, -0.05) is 0 Å². The van der Waals surface area contributed by atoms with E-state index in [4.69, 9.17) is 5.11 Å². The number of nitrogens with zero attached hydrogens (tertiary/aromatic N) is 3. The lowest BCUT2D eigenvalue weighted by Crippen LogP contribution is -2.18. The number of hydrogen-bond acceptors (Lipinski definition) is 5. The zero-order valence-electron chi connectivity index (χ0n) is 12.0. The van der Waals surface area contributed by atoms with Crippen LogP contribution in [0.4, 0.5) is 10.2 Å². The largest absolute Gasteiger partial charge is 0.477 e. The Morgan fingerprint density at radius 3 is 2.79 bits per heavy atom. The van der Waals surface area contributed by atoms with E-state index in [-0.39, 0.29) is 23.6 Å². The number of aromatic carboxylic acids is 1. The molecular formula is C14H10FN5O4. The van der Waals surface area contributed by atoms with Crippen molar-refractivity contribution in [2.45, 2.75) is 6.42 Å². The van der Waals surface area contributed by atoms with Crippen molar-refractivity contribution < 1.29 is 19.1 Å². The Balaban J connectivity index is 1.81. The number of nitrogens with one attached hydrogen (secondary N) is 2. The van der Waals surface area contributed by atoms with Gasteiger partial charge in [0.25, 0.3) is 5.56 Å². The average Bonchev–Trinajstić information content (AvgIpc) is 2.92. The van der Waals surface area contributed by atoms with Crippen LogP contribution in [0.15, 0.2) is 35.3 Å². The molecule has 0 fully saturated rings. The van der Waals surface area contributed by atoms with Crippen LogP contribution in [0.2, 0.25) is 0 Å². The minimum Gasteiger partial charge on any atom is -0.477 e. The highest BCUT2D eigenvalue weighted by Gasteiger charge is 2.13. The number of hydrogen-bond donors (Lipinski definition) is 3. The predicted octanol–water partition coefficient (Wildman–Crippen LogP) is 0.436. The smallest absolute Gasteiger partial charge is 0.354 e. The number of carboxylic acids is 1. The number of aromatic nitrogens is 4. The molecule has 0 aliphatic heterocycles. The molecule has 10 heteroatoms. The first-order chi connectivity index (χ1) is 11.4. The topological polar surface area (TPSA) is 129 Å². The van der Waals surface area contributed by atoms with E-state index in [1.54, 1.807) is 0 Å². The van der Waals surface area contributed by atoms with E-state index in [2.05, 4.69) is 20.4 Å². The fraction of sp³-hybridized carbons (Fsp3) is 0.0714. The monoisotopic (exact) mass is 331 g/mol. The average molecular weight is 331 g/mol. The Morgan fingerprint density at radius 1 is 1.33 bits per heavy atom. The summed E-state index contributed by atoms with van der Waals surface area (Å²) in [6, 6.07) is 4.73. The van der Waals surface area contributed by atoms with Crippen molar-refractivity contribution in [2.24, 2.45) is 0 Å². The van der Waals surface area contributed by atoms with Crippen molar-refractivity contribution in [1.82, 2.24) is 19.6 Å². The van der Waals surface area contributed by atoms with Gasteiger partial charge in [-0.05, 0) is 12.1 Å². The van der Waals surface area contributed by atoms with Crippen LogP contribution in [-0.2, 0) is 11.2 Å². The summed E-state index contributed by atoms with van der Waals surface area (Å²) in [6.45, 7) is 0. The van der Waals surface area contributed by atoms with Crippen LogP contribution >= 0.6 is 0 Å². The van der Waals surface area contributed by atoms with Crippen molar-refractivity contribution in [3.8, 4) is 0 Å². The second kappa shape index (κ2) is 5.91. The van der Waals surface area contributed by atoms with E-state index in [1.807, 2.05) is 0 Å².